The van der Waals surface area contributed by atoms with Gasteiger partial charge in [0.2, 0.25) is 5.91 Å². The van der Waals surface area contributed by atoms with Crippen molar-refractivity contribution in [3.63, 3.8) is 0 Å². The Bertz CT molecular complexity index is 431. The van der Waals surface area contributed by atoms with Crippen molar-refractivity contribution < 1.29 is 19.1 Å². The van der Waals surface area contributed by atoms with E-state index in [0.717, 1.165) is 0 Å². The summed E-state index contributed by atoms with van der Waals surface area (Å²) in [6.07, 6.45) is 0. The van der Waals surface area contributed by atoms with Crippen molar-refractivity contribution in [1.29, 1.82) is 0 Å². The number of benzene rings is 1. The summed E-state index contributed by atoms with van der Waals surface area (Å²) in [5.74, 6) is -0.331. The van der Waals surface area contributed by atoms with Crippen LogP contribution in [-0.4, -0.2) is 25.6 Å². The molecule has 0 aliphatic carbocycles. The Morgan fingerprint density at radius 3 is 2.61 bits per heavy atom. The average Bonchev–Trinajstić information content (AvgIpc) is 2.35. The summed E-state index contributed by atoms with van der Waals surface area (Å²) in [5.41, 5.74) is 0.585. The van der Waals surface area contributed by atoms with Crippen molar-refractivity contribution in [2.75, 3.05) is 19.0 Å². The van der Waals surface area contributed by atoms with E-state index in [0.29, 0.717) is 11.4 Å². The van der Waals surface area contributed by atoms with Crippen molar-refractivity contribution >= 4 is 17.6 Å². The first-order valence-electron chi connectivity index (χ1n) is 5.62. The number of hydrogen-bond donors (Lipinski definition) is 1. The first-order chi connectivity index (χ1) is 8.54. The number of nitrogens with one attached hydrogen (secondary N) is 1. The molecule has 0 aromatic heterocycles. The maximum Gasteiger partial charge on any atom is 0.311 e. The molecular weight excluding hydrogens is 234 g/mol. The van der Waals surface area contributed by atoms with Crippen molar-refractivity contribution in [3.05, 3.63) is 24.3 Å². The fourth-order valence-corrected chi connectivity index (χ4v) is 1.37. The number of hydrogen-bond acceptors (Lipinski definition) is 4. The van der Waals surface area contributed by atoms with Crippen LogP contribution >= 0.6 is 0 Å². The summed E-state index contributed by atoms with van der Waals surface area (Å²) in [6.45, 7) is 3.34. The van der Waals surface area contributed by atoms with Gasteiger partial charge in [-0.3, -0.25) is 9.59 Å². The minimum absolute atomic E-state index is 0.174. The second-order valence-corrected chi connectivity index (χ2v) is 3.91. The summed E-state index contributed by atoms with van der Waals surface area (Å²) in [6, 6.07) is 7.06. The zero-order chi connectivity index (χ0) is 13.5. The SMILES string of the molecule is COC(=O)C(C)COc1ccccc1NC(C)=O. The third-order valence-corrected chi connectivity index (χ3v) is 2.29. The Labute approximate surface area is 106 Å². The molecule has 98 valence electrons. The normalized spacial score (nSPS) is 11.5. The predicted molar refractivity (Wildman–Crippen MR) is 67.4 cm³/mol. The lowest BCUT2D eigenvalue weighted by atomic mass is 10.2. The Hall–Kier alpha value is -2.04. The second-order valence-electron chi connectivity index (χ2n) is 3.91. The van der Waals surface area contributed by atoms with Gasteiger partial charge in [-0.2, -0.15) is 0 Å². The van der Waals surface area contributed by atoms with E-state index in [9.17, 15) is 9.59 Å². The highest BCUT2D eigenvalue weighted by Gasteiger charge is 2.14. The summed E-state index contributed by atoms with van der Waals surface area (Å²) < 4.78 is 10.1. The van der Waals surface area contributed by atoms with Gasteiger partial charge < -0.3 is 14.8 Å². The molecule has 0 saturated heterocycles. The number of carbonyl (C=O) groups is 2. The van der Waals surface area contributed by atoms with E-state index in [1.807, 2.05) is 0 Å². The lowest BCUT2D eigenvalue weighted by Gasteiger charge is -2.14. The molecule has 1 unspecified atom stereocenters. The summed E-state index contributed by atoms with van der Waals surface area (Å²) in [5, 5.41) is 2.66. The maximum atomic E-state index is 11.2. The molecule has 1 amide bonds. The van der Waals surface area contributed by atoms with E-state index in [1.165, 1.54) is 14.0 Å². The van der Waals surface area contributed by atoms with Crippen LogP contribution in [0.25, 0.3) is 0 Å². The van der Waals surface area contributed by atoms with E-state index < -0.39 is 0 Å². The lowest BCUT2D eigenvalue weighted by molar-refractivity contribution is -0.145. The van der Waals surface area contributed by atoms with Crippen molar-refractivity contribution in [2.24, 2.45) is 5.92 Å². The molecule has 0 saturated carbocycles. The highest BCUT2D eigenvalue weighted by Crippen LogP contribution is 2.24. The zero-order valence-electron chi connectivity index (χ0n) is 10.7. The van der Waals surface area contributed by atoms with Crippen LogP contribution in [0, 0.1) is 5.92 Å². The van der Waals surface area contributed by atoms with Crippen LogP contribution in [-0.2, 0) is 14.3 Å². The average molecular weight is 251 g/mol. The van der Waals surface area contributed by atoms with Crippen LogP contribution in [0.15, 0.2) is 24.3 Å². The van der Waals surface area contributed by atoms with Crippen LogP contribution < -0.4 is 10.1 Å². The minimum Gasteiger partial charge on any atom is -0.491 e. The highest BCUT2D eigenvalue weighted by molar-refractivity contribution is 5.90. The molecule has 0 spiro atoms. The van der Waals surface area contributed by atoms with Gasteiger partial charge in [-0.25, -0.2) is 0 Å². The van der Waals surface area contributed by atoms with Gasteiger partial charge in [-0.15, -0.1) is 0 Å². The molecule has 1 aromatic carbocycles. The molecule has 5 nitrogen and oxygen atoms in total. The number of carbonyl (C=O) groups excluding carboxylic acids is 2. The number of methoxy groups -OCH3 is 1. The van der Waals surface area contributed by atoms with Crippen molar-refractivity contribution in [3.8, 4) is 5.75 Å². The van der Waals surface area contributed by atoms with Gasteiger partial charge in [-0.1, -0.05) is 12.1 Å². The number of para-hydroxylation sites is 2. The number of amides is 1. The largest absolute Gasteiger partial charge is 0.491 e. The molecule has 0 aliphatic rings. The van der Waals surface area contributed by atoms with Crippen LogP contribution in [0.1, 0.15) is 13.8 Å². The van der Waals surface area contributed by atoms with E-state index in [-0.39, 0.29) is 24.4 Å². The monoisotopic (exact) mass is 251 g/mol. The first kappa shape index (κ1) is 14.0. The molecule has 1 aromatic rings. The minimum atomic E-state index is -0.361. The first-order valence-corrected chi connectivity index (χ1v) is 5.62. The number of esters is 1. The molecule has 18 heavy (non-hydrogen) atoms. The summed E-state index contributed by atoms with van der Waals surface area (Å²) in [7, 11) is 1.34. The van der Waals surface area contributed by atoms with Gasteiger partial charge in [0.1, 0.15) is 12.4 Å². The predicted octanol–water partition coefficient (Wildman–Crippen LogP) is 1.83. The van der Waals surface area contributed by atoms with Gasteiger partial charge in [0.15, 0.2) is 0 Å². The molecule has 1 N–H and O–H groups in total. The van der Waals surface area contributed by atoms with Crippen molar-refractivity contribution in [1.82, 2.24) is 0 Å². The summed E-state index contributed by atoms with van der Waals surface area (Å²) >= 11 is 0. The third kappa shape index (κ3) is 4.08. The molecular formula is C13H17NO4. The lowest BCUT2D eigenvalue weighted by Crippen LogP contribution is -2.20. The molecule has 1 atom stereocenters. The molecule has 0 fully saturated rings. The Kier molecular flexibility index (Phi) is 5.17. The van der Waals surface area contributed by atoms with Gasteiger partial charge in [0, 0.05) is 6.92 Å². The van der Waals surface area contributed by atoms with Crippen molar-refractivity contribution in [2.45, 2.75) is 13.8 Å². The van der Waals surface area contributed by atoms with E-state index in [1.54, 1.807) is 31.2 Å². The molecule has 0 bridgehead atoms. The Balaban J connectivity index is 2.66. The Morgan fingerprint density at radius 1 is 1.33 bits per heavy atom. The smallest absolute Gasteiger partial charge is 0.311 e. The maximum absolute atomic E-state index is 11.2. The highest BCUT2D eigenvalue weighted by atomic mass is 16.5. The topological polar surface area (TPSA) is 64.6 Å². The van der Waals surface area contributed by atoms with Crippen LogP contribution in [0.5, 0.6) is 5.75 Å². The number of anilines is 1. The third-order valence-electron chi connectivity index (χ3n) is 2.29. The second kappa shape index (κ2) is 6.64. The molecule has 0 aliphatic heterocycles. The van der Waals surface area contributed by atoms with Gasteiger partial charge >= 0.3 is 5.97 Å². The molecule has 0 heterocycles. The van der Waals surface area contributed by atoms with E-state index in [2.05, 4.69) is 10.1 Å². The fourth-order valence-electron chi connectivity index (χ4n) is 1.37. The zero-order valence-corrected chi connectivity index (χ0v) is 10.7. The molecule has 0 radical (unpaired) electrons. The Morgan fingerprint density at radius 2 is 2.00 bits per heavy atom. The molecule has 1 rings (SSSR count). The standard InChI is InChI=1S/C13H17NO4/c1-9(13(16)17-3)8-18-12-7-5-4-6-11(12)14-10(2)15/h4-7,9H,8H2,1-3H3,(H,14,15). The number of rotatable bonds is 5. The van der Waals surface area contributed by atoms with E-state index >= 15 is 0 Å². The van der Waals surface area contributed by atoms with Crippen LogP contribution in [0.4, 0.5) is 5.69 Å². The van der Waals surface area contributed by atoms with Crippen LogP contribution in [0.2, 0.25) is 0 Å². The summed E-state index contributed by atoms with van der Waals surface area (Å²) in [4.78, 5) is 22.2. The quantitative estimate of drug-likeness (QED) is 0.811. The fraction of sp³-hybridized carbons (Fsp3) is 0.385. The van der Waals surface area contributed by atoms with Gasteiger partial charge in [0.05, 0.1) is 18.7 Å². The number of ether oxygens (including phenoxy) is 2. The molecule has 5 heteroatoms. The van der Waals surface area contributed by atoms with E-state index in [4.69, 9.17) is 4.74 Å². The van der Waals surface area contributed by atoms with Gasteiger partial charge in [0.25, 0.3) is 0 Å². The van der Waals surface area contributed by atoms with Crippen LogP contribution in [0.3, 0.4) is 0 Å². The van der Waals surface area contributed by atoms with Gasteiger partial charge in [-0.05, 0) is 19.1 Å².